The number of pyridine rings is 1. The number of hydrogen-bond acceptors (Lipinski definition) is 2. The van der Waals surface area contributed by atoms with E-state index in [4.69, 9.17) is 0 Å². The number of ketones is 1. The van der Waals surface area contributed by atoms with Crippen LogP contribution in [0, 0.1) is 17.5 Å². The first-order valence-corrected chi connectivity index (χ1v) is 6.11. The zero-order valence-electron chi connectivity index (χ0n) is 10.6. The number of para-hydroxylation sites is 1. The molecular weight excluding hydrogens is 279 g/mol. The molecule has 0 bridgehead atoms. The Morgan fingerprint density at radius 2 is 1.62 bits per heavy atom. The Bertz CT molecular complexity index is 833. The topological polar surface area (TPSA) is 30.0 Å². The second-order valence-corrected chi connectivity index (χ2v) is 4.45. The van der Waals surface area contributed by atoms with Gasteiger partial charge in [-0.1, -0.05) is 18.2 Å². The Balaban J connectivity index is 2.22. The van der Waals surface area contributed by atoms with Crippen LogP contribution in [0.1, 0.15) is 15.9 Å². The number of rotatable bonds is 2. The number of carbonyl (C=O) groups excluding carboxylic acids is 1. The minimum absolute atomic E-state index is 0.0671. The molecule has 0 saturated heterocycles. The smallest absolute Gasteiger partial charge is 0.201 e. The van der Waals surface area contributed by atoms with Crippen LogP contribution in [0.25, 0.3) is 10.9 Å². The molecule has 5 heteroatoms. The first kappa shape index (κ1) is 13.3. The van der Waals surface area contributed by atoms with Gasteiger partial charge < -0.3 is 0 Å². The minimum Gasteiger partial charge on any atom is -0.288 e. The molecule has 0 aliphatic rings. The fourth-order valence-corrected chi connectivity index (χ4v) is 2.18. The molecule has 1 aromatic heterocycles. The molecule has 0 unspecified atom stereocenters. The molecule has 3 rings (SSSR count). The summed E-state index contributed by atoms with van der Waals surface area (Å²) in [7, 11) is 0. The molecule has 0 aliphatic carbocycles. The highest BCUT2D eigenvalue weighted by Crippen LogP contribution is 2.23. The fourth-order valence-electron chi connectivity index (χ4n) is 2.18. The van der Waals surface area contributed by atoms with Gasteiger partial charge in [0, 0.05) is 29.3 Å². The Morgan fingerprint density at radius 1 is 0.952 bits per heavy atom. The third-order valence-electron chi connectivity index (χ3n) is 3.11. The average Bonchev–Trinajstić information content (AvgIpc) is 2.45. The Hall–Kier alpha value is -2.69. The van der Waals surface area contributed by atoms with E-state index in [0.29, 0.717) is 23.0 Å². The quantitative estimate of drug-likeness (QED) is 0.669. The van der Waals surface area contributed by atoms with Gasteiger partial charge in [0.05, 0.1) is 11.1 Å². The summed E-state index contributed by atoms with van der Waals surface area (Å²) in [6.45, 7) is 0. The molecule has 1 heterocycles. The lowest BCUT2D eigenvalue weighted by Crippen LogP contribution is -2.09. The van der Waals surface area contributed by atoms with Crippen molar-refractivity contribution in [2.45, 2.75) is 0 Å². The molecule has 0 aliphatic heterocycles. The van der Waals surface area contributed by atoms with E-state index in [1.54, 1.807) is 24.3 Å². The van der Waals surface area contributed by atoms with Gasteiger partial charge in [0.15, 0.2) is 0 Å². The molecular formula is C16H8F3NO. The van der Waals surface area contributed by atoms with E-state index < -0.39 is 28.8 Å². The lowest BCUT2D eigenvalue weighted by molar-refractivity contribution is 0.103. The van der Waals surface area contributed by atoms with Crippen LogP contribution < -0.4 is 0 Å². The summed E-state index contributed by atoms with van der Waals surface area (Å²) in [4.78, 5) is 16.4. The van der Waals surface area contributed by atoms with Gasteiger partial charge in [-0.2, -0.15) is 0 Å². The number of benzene rings is 2. The third kappa shape index (κ3) is 2.27. The summed E-state index contributed by atoms with van der Waals surface area (Å²) < 4.78 is 40.4. The van der Waals surface area contributed by atoms with Crippen molar-refractivity contribution >= 4 is 16.7 Å². The zero-order valence-corrected chi connectivity index (χ0v) is 10.6. The molecule has 3 aromatic rings. The van der Waals surface area contributed by atoms with Crippen LogP contribution in [0.15, 0.2) is 48.7 Å². The summed E-state index contributed by atoms with van der Waals surface area (Å²) in [5.74, 6) is -4.40. The van der Waals surface area contributed by atoms with Crippen LogP contribution in [0.2, 0.25) is 0 Å². The lowest BCUT2D eigenvalue weighted by atomic mass is 9.99. The molecule has 0 atom stereocenters. The highest BCUT2D eigenvalue weighted by Gasteiger charge is 2.22. The molecule has 0 amide bonds. The van der Waals surface area contributed by atoms with E-state index in [0.717, 1.165) is 0 Å². The van der Waals surface area contributed by atoms with Gasteiger partial charge in [0.2, 0.25) is 5.78 Å². The van der Waals surface area contributed by atoms with Crippen LogP contribution in [-0.4, -0.2) is 10.8 Å². The Kier molecular flexibility index (Phi) is 3.17. The number of hydrogen-bond donors (Lipinski definition) is 0. The SMILES string of the molecule is O=C(c1c(F)cc(F)cc1F)c1cccc2cccnc12. The van der Waals surface area contributed by atoms with Crippen LogP contribution in [0.5, 0.6) is 0 Å². The molecule has 2 aromatic carbocycles. The second-order valence-electron chi connectivity index (χ2n) is 4.45. The molecule has 0 spiro atoms. The third-order valence-corrected chi connectivity index (χ3v) is 3.11. The van der Waals surface area contributed by atoms with E-state index in [-0.39, 0.29) is 5.56 Å². The number of nitrogens with zero attached hydrogens (tertiary/aromatic N) is 1. The fraction of sp³-hybridized carbons (Fsp3) is 0. The summed E-state index contributed by atoms with van der Waals surface area (Å²) in [5.41, 5.74) is -0.375. The van der Waals surface area contributed by atoms with Crippen LogP contribution in [-0.2, 0) is 0 Å². The van der Waals surface area contributed by atoms with Crippen molar-refractivity contribution in [1.82, 2.24) is 4.98 Å². The summed E-state index contributed by atoms with van der Waals surface area (Å²) in [5, 5.41) is 0.672. The molecule has 0 saturated carbocycles. The van der Waals surface area contributed by atoms with Gasteiger partial charge in [-0.15, -0.1) is 0 Å². The second kappa shape index (κ2) is 5.01. The first-order chi connectivity index (χ1) is 10.1. The van der Waals surface area contributed by atoms with Crippen LogP contribution in [0.3, 0.4) is 0 Å². The summed E-state index contributed by atoms with van der Waals surface area (Å²) in [6.07, 6.45) is 1.48. The van der Waals surface area contributed by atoms with Gasteiger partial charge in [-0.3, -0.25) is 9.78 Å². The Labute approximate surface area is 117 Å². The van der Waals surface area contributed by atoms with Gasteiger partial charge in [0.1, 0.15) is 17.5 Å². The van der Waals surface area contributed by atoms with E-state index in [1.807, 2.05) is 0 Å². The highest BCUT2D eigenvalue weighted by molar-refractivity contribution is 6.15. The predicted molar refractivity (Wildman–Crippen MR) is 71.5 cm³/mol. The largest absolute Gasteiger partial charge is 0.288 e. The monoisotopic (exact) mass is 287 g/mol. The molecule has 2 nitrogen and oxygen atoms in total. The number of halogens is 3. The number of fused-ring (bicyclic) bond motifs is 1. The number of aromatic nitrogens is 1. The van der Waals surface area contributed by atoms with Crippen molar-refractivity contribution < 1.29 is 18.0 Å². The standard InChI is InChI=1S/C16H8F3NO/c17-10-7-12(18)14(13(19)8-10)16(21)11-5-1-3-9-4-2-6-20-15(9)11/h1-8H. The van der Waals surface area contributed by atoms with Crippen molar-refractivity contribution in [3.8, 4) is 0 Å². The van der Waals surface area contributed by atoms with E-state index in [2.05, 4.69) is 4.98 Å². The van der Waals surface area contributed by atoms with E-state index >= 15 is 0 Å². The van der Waals surface area contributed by atoms with Gasteiger partial charge in [-0.25, -0.2) is 13.2 Å². The summed E-state index contributed by atoms with van der Waals surface area (Å²) in [6, 6.07) is 9.14. The van der Waals surface area contributed by atoms with Crippen molar-refractivity contribution in [2.75, 3.05) is 0 Å². The molecule has 21 heavy (non-hydrogen) atoms. The molecule has 0 fully saturated rings. The minimum atomic E-state index is -1.23. The van der Waals surface area contributed by atoms with Crippen molar-refractivity contribution in [2.24, 2.45) is 0 Å². The van der Waals surface area contributed by atoms with Crippen molar-refractivity contribution in [3.05, 3.63) is 77.2 Å². The van der Waals surface area contributed by atoms with Crippen LogP contribution in [0.4, 0.5) is 13.2 Å². The number of carbonyl (C=O) groups is 1. The zero-order chi connectivity index (χ0) is 15.0. The van der Waals surface area contributed by atoms with Gasteiger partial charge in [0.25, 0.3) is 0 Å². The predicted octanol–water partition coefficient (Wildman–Crippen LogP) is 3.88. The van der Waals surface area contributed by atoms with E-state index in [9.17, 15) is 18.0 Å². The normalized spacial score (nSPS) is 10.8. The van der Waals surface area contributed by atoms with E-state index in [1.165, 1.54) is 12.3 Å². The van der Waals surface area contributed by atoms with Crippen molar-refractivity contribution in [1.29, 1.82) is 0 Å². The maximum absolute atomic E-state index is 13.7. The average molecular weight is 287 g/mol. The maximum Gasteiger partial charge on any atom is 0.201 e. The first-order valence-electron chi connectivity index (χ1n) is 6.11. The molecule has 0 N–H and O–H groups in total. The van der Waals surface area contributed by atoms with Crippen LogP contribution >= 0.6 is 0 Å². The molecule has 104 valence electrons. The van der Waals surface area contributed by atoms with Gasteiger partial charge >= 0.3 is 0 Å². The maximum atomic E-state index is 13.7. The Morgan fingerprint density at radius 3 is 2.33 bits per heavy atom. The van der Waals surface area contributed by atoms with Crippen molar-refractivity contribution in [3.63, 3.8) is 0 Å². The summed E-state index contributed by atoms with van der Waals surface area (Å²) >= 11 is 0. The van der Waals surface area contributed by atoms with Gasteiger partial charge in [-0.05, 0) is 12.1 Å². The lowest BCUT2D eigenvalue weighted by Gasteiger charge is -2.07. The highest BCUT2D eigenvalue weighted by atomic mass is 19.1. The molecule has 0 radical (unpaired) electrons.